The van der Waals surface area contributed by atoms with Gasteiger partial charge >= 0.3 is 0 Å². The molecule has 3 nitrogen and oxygen atoms in total. The number of rotatable bonds is 3. The predicted octanol–water partition coefficient (Wildman–Crippen LogP) is 3.78. The monoisotopic (exact) mass is 312 g/mol. The van der Waals surface area contributed by atoms with E-state index in [0.29, 0.717) is 12.5 Å². The molecule has 0 spiro atoms. The van der Waals surface area contributed by atoms with E-state index in [1.54, 1.807) is 6.20 Å². The Morgan fingerprint density at radius 3 is 2.71 bits per heavy atom. The number of nitrogens with zero attached hydrogens (tertiary/aromatic N) is 2. The molecule has 0 saturated carbocycles. The first-order valence-electron chi connectivity index (χ1n) is 5.01. The van der Waals surface area contributed by atoms with Crippen molar-refractivity contribution in [2.45, 2.75) is 13.5 Å². The fraction of sp³-hybridized carbons (Fsp3) is 0.167. The lowest BCUT2D eigenvalue weighted by Crippen LogP contribution is -2.00. The van der Waals surface area contributed by atoms with Crippen molar-refractivity contribution >= 4 is 27.5 Å². The van der Waals surface area contributed by atoms with E-state index in [4.69, 9.17) is 16.3 Å². The summed E-state index contributed by atoms with van der Waals surface area (Å²) in [5.41, 5.74) is 1.94. The zero-order chi connectivity index (χ0) is 12.3. The summed E-state index contributed by atoms with van der Waals surface area (Å²) in [6.45, 7) is 2.34. The van der Waals surface area contributed by atoms with Crippen molar-refractivity contribution in [3.8, 4) is 5.88 Å². The lowest BCUT2D eigenvalue weighted by Gasteiger charge is -2.07. The summed E-state index contributed by atoms with van der Waals surface area (Å²) in [5.74, 6) is 0.521. The standard InChI is InChI=1S/C12H10BrClN2O/c1-8-6-15-12(14)16-11(8)17-7-9-2-4-10(13)5-3-9/h2-6H,7H2,1H3. The van der Waals surface area contributed by atoms with Crippen molar-refractivity contribution in [1.29, 1.82) is 0 Å². The summed E-state index contributed by atoms with van der Waals surface area (Å²) in [7, 11) is 0. The van der Waals surface area contributed by atoms with E-state index in [1.165, 1.54) is 0 Å². The third kappa shape index (κ3) is 3.41. The molecular formula is C12H10BrClN2O. The Hall–Kier alpha value is -1.13. The highest BCUT2D eigenvalue weighted by Crippen LogP contribution is 2.17. The molecule has 0 fully saturated rings. The number of aromatic nitrogens is 2. The first kappa shape index (κ1) is 12.3. The minimum absolute atomic E-state index is 0.196. The van der Waals surface area contributed by atoms with Gasteiger partial charge in [-0.1, -0.05) is 28.1 Å². The highest BCUT2D eigenvalue weighted by molar-refractivity contribution is 9.10. The summed E-state index contributed by atoms with van der Waals surface area (Å²) in [6.07, 6.45) is 1.65. The minimum Gasteiger partial charge on any atom is -0.472 e. The molecule has 17 heavy (non-hydrogen) atoms. The van der Waals surface area contributed by atoms with Crippen LogP contribution in [-0.4, -0.2) is 9.97 Å². The van der Waals surface area contributed by atoms with E-state index >= 15 is 0 Å². The van der Waals surface area contributed by atoms with Crippen LogP contribution in [0.4, 0.5) is 0 Å². The van der Waals surface area contributed by atoms with Gasteiger partial charge in [0.25, 0.3) is 0 Å². The van der Waals surface area contributed by atoms with Gasteiger partial charge in [0.15, 0.2) is 0 Å². The molecule has 2 rings (SSSR count). The van der Waals surface area contributed by atoms with E-state index in [0.717, 1.165) is 15.6 Å². The van der Waals surface area contributed by atoms with Crippen LogP contribution in [0.5, 0.6) is 5.88 Å². The van der Waals surface area contributed by atoms with Gasteiger partial charge < -0.3 is 4.74 Å². The molecule has 2 aromatic rings. The Morgan fingerprint density at radius 2 is 2.00 bits per heavy atom. The number of aryl methyl sites for hydroxylation is 1. The molecule has 0 aliphatic rings. The number of benzene rings is 1. The fourth-order valence-corrected chi connectivity index (χ4v) is 1.67. The van der Waals surface area contributed by atoms with Crippen LogP contribution < -0.4 is 4.74 Å². The van der Waals surface area contributed by atoms with Gasteiger partial charge in [-0.3, -0.25) is 0 Å². The first-order valence-corrected chi connectivity index (χ1v) is 6.18. The average molecular weight is 314 g/mol. The summed E-state index contributed by atoms with van der Waals surface area (Å²) in [5, 5.41) is 0.196. The third-order valence-electron chi connectivity index (χ3n) is 2.18. The first-order chi connectivity index (χ1) is 8.15. The smallest absolute Gasteiger partial charge is 0.225 e. The zero-order valence-electron chi connectivity index (χ0n) is 9.15. The number of ether oxygens (including phenoxy) is 1. The Labute approximate surface area is 113 Å². The van der Waals surface area contributed by atoms with Gasteiger partial charge in [-0.05, 0) is 36.2 Å². The average Bonchev–Trinajstić information content (AvgIpc) is 2.32. The molecular weight excluding hydrogens is 304 g/mol. The van der Waals surface area contributed by atoms with Crippen molar-refractivity contribution < 1.29 is 4.74 Å². The molecule has 0 N–H and O–H groups in total. The van der Waals surface area contributed by atoms with Gasteiger partial charge in [0.2, 0.25) is 11.2 Å². The Balaban J connectivity index is 2.07. The van der Waals surface area contributed by atoms with Gasteiger partial charge in [-0.15, -0.1) is 0 Å². The second kappa shape index (κ2) is 5.47. The molecule has 0 aliphatic heterocycles. The molecule has 0 aliphatic carbocycles. The molecule has 5 heteroatoms. The maximum absolute atomic E-state index is 5.71. The number of halogens is 2. The van der Waals surface area contributed by atoms with Crippen molar-refractivity contribution in [2.75, 3.05) is 0 Å². The van der Waals surface area contributed by atoms with Crippen LogP contribution in [0.3, 0.4) is 0 Å². The Bertz CT molecular complexity index is 516. The lowest BCUT2D eigenvalue weighted by molar-refractivity contribution is 0.291. The predicted molar refractivity (Wildman–Crippen MR) is 70.3 cm³/mol. The van der Waals surface area contributed by atoms with Crippen molar-refractivity contribution in [3.05, 3.63) is 51.3 Å². The highest BCUT2D eigenvalue weighted by Gasteiger charge is 2.03. The Kier molecular flexibility index (Phi) is 3.97. The largest absolute Gasteiger partial charge is 0.472 e. The topological polar surface area (TPSA) is 35.0 Å². The van der Waals surface area contributed by atoms with Crippen molar-refractivity contribution in [3.63, 3.8) is 0 Å². The second-order valence-corrected chi connectivity index (χ2v) is 4.80. The van der Waals surface area contributed by atoms with E-state index in [-0.39, 0.29) is 5.28 Å². The van der Waals surface area contributed by atoms with E-state index in [9.17, 15) is 0 Å². The van der Waals surface area contributed by atoms with Gasteiger partial charge in [0.1, 0.15) is 6.61 Å². The van der Waals surface area contributed by atoms with Crippen LogP contribution in [0.2, 0.25) is 5.28 Å². The normalized spacial score (nSPS) is 10.3. The summed E-state index contributed by atoms with van der Waals surface area (Å²) in [6, 6.07) is 7.92. The molecule has 88 valence electrons. The van der Waals surface area contributed by atoms with Crippen LogP contribution in [-0.2, 0) is 6.61 Å². The maximum Gasteiger partial charge on any atom is 0.225 e. The van der Waals surface area contributed by atoms with Gasteiger partial charge in [-0.2, -0.15) is 4.98 Å². The van der Waals surface area contributed by atoms with Gasteiger partial charge in [0.05, 0.1) is 0 Å². The maximum atomic E-state index is 5.71. The molecule has 0 bridgehead atoms. The minimum atomic E-state index is 0.196. The van der Waals surface area contributed by atoms with Crippen LogP contribution in [0.1, 0.15) is 11.1 Å². The fourth-order valence-electron chi connectivity index (χ4n) is 1.28. The molecule has 0 saturated heterocycles. The van der Waals surface area contributed by atoms with Crippen LogP contribution in [0.25, 0.3) is 0 Å². The van der Waals surface area contributed by atoms with Crippen LogP contribution >= 0.6 is 27.5 Å². The van der Waals surface area contributed by atoms with E-state index in [2.05, 4.69) is 25.9 Å². The summed E-state index contributed by atoms with van der Waals surface area (Å²) >= 11 is 9.09. The molecule has 0 amide bonds. The molecule has 0 atom stereocenters. The summed E-state index contributed by atoms with van der Waals surface area (Å²) < 4.78 is 6.64. The van der Waals surface area contributed by atoms with Gasteiger partial charge in [0, 0.05) is 16.2 Å². The van der Waals surface area contributed by atoms with Crippen LogP contribution in [0.15, 0.2) is 34.9 Å². The second-order valence-electron chi connectivity index (χ2n) is 3.54. The number of hydrogen-bond donors (Lipinski definition) is 0. The molecule has 1 aromatic carbocycles. The third-order valence-corrected chi connectivity index (χ3v) is 2.90. The quantitative estimate of drug-likeness (QED) is 0.809. The zero-order valence-corrected chi connectivity index (χ0v) is 11.5. The lowest BCUT2D eigenvalue weighted by atomic mass is 10.2. The SMILES string of the molecule is Cc1cnc(Cl)nc1OCc1ccc(Br)cc1. The molecule has 1 heterocycles. The van der Waals surface area contributed by atoms with E-state index in [1.807, 2.05) is 31.2 Å². The van der Waals surface area contributed by atoms with Crippen molar-refractivity contribution in [2.24, 2.45) is 0 Å². The Morgan fingerprint density at radius 1 is 1.29 bits per heavy atom. The van der Waals surface area contributed by atoms with Gasteiger partial charge in [-0.25, -0.2) is 4.98 Å². The molecule has 0 unspecified atom stereocenters. The number of hydrogen-bond acceptors (Lipinski definition) is 3. The summed E-state index contributed by atoms with van der Waals surface area (Å²) in [4.78, 5) is 7.90. The highest BCUT2D eigenvalue weighted by atomic mass is 79.9. The van der Waals surface area contributed by atoms with Crippen LogP contribution in [0, 0.1) is 6.92 Å². The molecule has 0 radical (unpaired) electrons. The molecule has 1 aromatic heterocycles. The van der Waals surface area contributed by atoms with Crippen molar-refractivity contribution in [1.82, 2.24) is 9.97 Å². The van der Waals surface area contributed by atoms with E-state index < -0.39 is 0 Å².